The Balaban J connectivity index is 2.04. The quantitative estimate of drug-likeness (QED) is 0.357. The third kappa shape index (κ3) is 4.59. The lowest BCUT2D eigenvalue weighted by Crippen LogP contribution is -2.57. The predicted octanol–water partition coefficient (Wildman–Crippen LogP) is 8.09. The summed E-state index contributed by atoms with van der Waals surface area (Å²) in [5.74, 6) is 0. The normalized spacial score (nSPS) is 21.9. The molecule has 0 amide bonds. The van der Waals surface area contributed by atoms with Crippen LogP contribution < -0.4 is 4.98 Å². The van der Waals surface area contributed by atoms with E-state index in [4.69, 9.17) is 0 Å². The fraction of sp³-hybridized carbons (Fsp3) is 0.704. The van der Waals surface area contributed by atoms with Crippen LogP contribution in [0.2, 0.25) is 18.6 Å². The average Bonchev–Trinajstić information content (AvgIpc) is 2.84. The first-order valence-electron chi connectivity index (χ1n) is 11.6. The molecule has 1 nitrogen and oxygen atoms in total. The molecule has 2 heteroatoms. The van der Waals surface area contributed by atoms with E-state index in [1.54, 1.807) is 33.4 Å². The summed E-state index contributed by atoms with van der Waals surface area (Å²) in [4.78, 5) is 4.12. The van der Waals surface area contributed by atoms with E-state index in [9.17, 15) is 0 Å². The molecule has 1 N–H and O–H groups in total. The second kappa shape index (κ2) is 7.09. The molecule has 0 radical (unpaired) electrons. The summed E-state index contributed by atoms with van der Waals surface area (Å²) in [6, 6.07) is 0. The molecule has 0 bridgehead atoms. The van der Waals surface area contributed by atoms with Crippen molar-refractivity contribution >= 4 is 8.24 Å². The van der Waals surface area contributed by atoms with Crippen molar-refractivity contribution in [2.45, 2.75) is 112 Å². The van der Waals surface area contributed by atoms with Crippen molar-refractivity contribution < 1.29 is 0 Å². The minimum Gasteiger partial charge on any atom is -0.332 e. The van der Waals surface area contributed by atoms with Gasteiger partial charge in [0.05, 0.1) is 0 Å². The van der Waals surface area contributed by atoms with Crippen molar-refractivity contribution in [2.24, 2.45) is 10.8 Å². The van der Waals surface area contributed by atoms with E-state index in [-0.39, 0.29) is 16.4 Å². The van der Waals surface area contributed by atoms with Gasteiger partial charge in [0.15, 0.2) is 0 Å². The molecule has 0 saturated carbocycles. The highest BCUT2D eigenvalue weighted by molar-refractivity contribution is 6.78. The number of rotatable bonds is 2. The van der Waals surface area contributed by atoms with Crippen LogP contribution in [-0.4, -0.2) is 13.8 Å². The highest BCUT2D eigenvalue weighted by Crippen LogP contribution is 2.57. The Morgan fingerprint density at radius 3 is 1.41 bits per heavy atom. The molecule has 0 heterocycles. The lowest BCUT2D eigenvalue weighted by atomic mass is 9.74. The van der Waals surface area contributed by atoms with Gasteiger partial charge >= 0.3 is 0 Å². The van der Waals surface area contributed by atoms with Crippen LogP contribution >= 0.6 is 0 Å². The molecule has 29 heavy (non-hydrogen) atoms. The molecular formula is C27H45NSi. The molecule has 162 valence electrons. The van der Waals surface area contributed by atoms with E-state index in [2.05, 4.69) is 92.5 Å². The fourth-order valence-electron chi connectivity index (χ4n) is 5.91. The van der Waals surface area contributed by atoms with E-state index in [0.717, 1.165) is 12.8 Å². The molecule has 3 aliphatic carbocycles. The Labute approximate surface area is 181 Å². The Hall–Kier alpha value is -0.863. The minimum absolute atomic E-state index is 0.169. The number of fused-ring (bicyclic) bond motifs is 1. The van der Waals surface area contributed by atoms with Crippen LogP contribution in [0.3, 0.4) is 0 Å². The van der Waals surface area contributed by atoms with Crippen molar-refractivity contribution in [3.05, 3.63) is 45.6 Å². The summed E-state index contributed by atoms with van der Waals surface area (Å²) in [5.41, 5.74) is 11.6. The number of hydrogen-bond donors (Lipinski definition) is 1. The zero-order chi connectivity index (χ0) is 22.0. The largest absolute Gasteiger partial charge is 0.332 e. The average molecular weight is 412 g/mol. The molecule has 0 fully saturated rings. The molecular weight excluding hydrogens is 366 g/mol. The zero-order valence-corrected chi connectivity index (χ0v) is 22.1. The number of nitrogens with one attached hydrogen (secondary N) is 1. The summed E-state index contributed by atoms with van der Waals surface area (Å²) in [6.45, 7) is 26.4. The van der Waals surface area contributed by atoms with Gasteiger partial charge in [-0.25, -0.2) is 0 Å². The van der Waals surface area contributed by atoms with Gasteiger partial charge in [-0.3, -0.25) is 0 Å². The number of allylic oxidation sites excluding steroid dienone is 8. The second-order valence-electron chi connectivity index (χ2n) is 13.3. The molecule has 3 aliphatic rings. The Bertz CT molecular complexity index is 754. The first-order chi connectivity index (χ1) is 13.0. The van der Waals surface area contributed by atoms with Gasteiger partial charge in [0, 0.05) is 11.1 Å². The molecule has 3 rings (SSSR count). The van der Waals surface area contributed by atoms with Crippen LogP contribution in [0, 0.1) is 10.8 Å². The van der Waals surface area contributed by atoms with Gasteiger partial charge in [0.2, 0.25) is 0 Å². The standard InChI is InChI=1S/C27H45NSi/c1-25(2,3)18-12-14-20-22(16-18)23-17-19(26(4,5)6)13-15-21(23)24(20)29(10,11)28-27(7,8)9/h12-13,24,28H,14-17H2,1-11H3. The Kier molecular flexibility index (Phi) is 5.58. The fourth-order valence-corrected chi connectivity index (χ4v) is 10.3. The van der Waals surface area contributed by atoms with E-state index in [0.29, 0.717) is 5.54 Å². The lowest BCUT2D eigenvalue weighted by Gasteiger charge is -2.41. The van der Waals surface area contributed by atoms with Gasteiger partial charge in [0.25, 0.3) is 0 Å². The van der Waals surface area contributed by atoms with Crippen molar-refractivity contribution in [2.75, 3.05) is 0 Å². The summed E-state index contributed by atoms with van der Waals surface area (Å²) >= 11 is 0. The maximum Gasteiger partial charge on any atom is 0.131 e. The van der Waals surface area contributed by atoms with Crippen LogP contribution in [0.5, 0.6) is 0 Å². The molecule has 0 aromatic heterocycles. The smallest absolute Gasteiger partial charge is 0.131 e. The van der Waals surface area contributed by atoms with Crippen molar-refractivity contribution in [3.8, 4) is 0 Å². The van der Waals surface area contributed by atoms with E-state index in [1.807, 2.05) is 0 Å². The maximum absolute atomic E-state index is 4.12. The third-order valence-electron chi connectivity index (χ3n) is 7.05. The van der Waals surface area contributed by atoms with Crippen molar-refractivity contribution in [3.63, 3.8) is 0 Å². The van der Waals surface area contributed by atoms with E-state index < -0.39 is 8.24 Å². The van der Waals surface area contributed by atoms with Crippen LogP contribution in [0.4, 0.5) is 0 Å². The Morgan fingerprint density at radius 2 is 1.10 bits per heavy atom. The summed E-state index contributed by atoms with van der Waals surface area (Å²) < 4.78 is 0. The van der Waals surface area contributed by atoms with Gasteiger partial charge in [-0.05, 0) is 68.4 Å². The molecule has 0 aliphatic heterocycles. The SMILES string of the molecule is CC(C)(C)N[Si](C)(C)C1C2=C(CC(C(C)(C)C)=CC2)C2=C1CC=C(C(C)(C)C)C2. The van der Waals surface area contributed by atoms with Crippen LogP contribution in [0.15, 0.2) is 45.6 Å². The Morgan fingerprint density at radius 1 is 0.724 bits per heavy atom. The van der Waals surface area contributed by atoms with Crippen molar-refractivity contribution in [1.82, 2.24) is 4.98 Å². The first-order valence-corrected chi connectivity index (χ1v) is 14.7. The van der Waals surface area contributed by atoms with Crippen LogP contribution in [-0.2, 0) is 0 Å². The highest BCUT2D eigenvalue weighted by Gasteiger charge is 2.46. The molecule has 0 unspecified atom stereocenters. The topological polar surface area (TPSA) is 12.0 Å². The van der Waals surface area contributed by atoms with Gasteiger partial charge in [0.1, 0.15) is 8.24 Å². The van der Waals surface area contributed by atoms with E-state index in [1.165, 1.54) is 12.8 Å². The van der Waals surface area contributed by atoms with Crippen LogP contribution in [0.1, 0.15) is 88.0 Å². The summed E-state index contributed by atoms with van der Waals surface area (Å²) in [6.07, 6.45) is 9.81. The first kappa shape index (κ1) is 22.8. The molecule has 0 saturated heterocycles. The second-order valence-corrected chi connectivity index (χ2v) is 17.5. The van der Waals surface area contributed by atoms with Gasteiger partial charge in [-0.15, -0.1) is 0 Å². The number of hydrogen-bond acceptors (Lipinski definition) is 1. The monoisotopic (exact) mass is 411 g/mol. The summed E-state index contributed by atoms with van der Waals surface area (Å²) in [5, 5.41) is 0. The molecule has 0 aromatic rings. The lowest BCUT2D eigenvalue weighted by molar-refractivity contribution is 0.480. The minimum atomic E-state index is -1.68. The highest BCUT2D eigenvalue weighted by atomic mass is 28.3. The zero-order valence-electron chi connectivity index (χ0n) is 21.1. The van der Waals surface area contributed by atoms with Gasteiger partial charge in [-0.1, -0.05) is 89.1 Å². The maximum atomic E-state index is 4.12. The predicted molar refractivity (Wildman–Crippen MR) is 132 cm³/mol. The summed E-state index contributed by atoms with van der Waals surface area (Å²) in [7, 11) is -1.68. The van der Waals surface area contributed by atoms with Gasteiger partial charge < -0.3 is 4.98 Å². The van der Waals surface area contributed by atoms with E-state index >= 15 is 0 Å². The van der Waals surface area contributed by atoms with Gasteiger partial charge in [-0.2, -0.15) is 0 Å². The third-order valence-corrected chi connectivity index (χ3v) is 10.6. The van der Waals surface area contributed by atoms with Crippen LogP contribution in [0.25, 0.3) is 0 Å². The molecule has 0 spiro atoms. The molecule has 0 atom stereocenters. The van der Waals surface area contributed by atoms with Crippen molar-refractivity contribution in [1.29, 1.82) is 0 Å². The molecule has 0 aromatic carbocycles.